The first kappa shape index (κ1) is 27.3. The molecule has 42 heavy (non-hydrogen) atoms. The Balaban J connectivity index is 1.27. The summed E-state index contributed by atoms with van der Waals surface area (Å²) in [7, 11) is 0. The molecular formula is C30H29N7O4S. The predicted octanol–water partition coefficient (Wildman–Crippen LogP) is 5.38. The number of amides is 4. The lowest BCUT2D eigenvalue weighted by molar-refractivity contribution is -0.116. The molecule has 1 saturated carbocycles. The molecule has 2 atom stereocenters. The van der Waals surface area contributed by atoms with Crippen LogP contribution >= 0.6 is 11.3 Å². The van der Waals surface area contributed by atoms with Gasteiger partial charge in [-0.3, -0.25) is 19.5 Å². The highest BCUT2D eigenvalue weighted by molar-refractivity contribution is 7.21. The number of anilines is 3. The number of nitrogens with one attached hydrogen (secondary N) is 3. The third kappa shape index (κ3) is 5.16. The molecule has 3 N–H and O–H groups in total. The molecule has 0 spiro atoms. The van der Waals surface area contributed by atoms with Gasteiger partial charge in [-0.2, -0.15) is 0 Å². The highest BCUT2D eigenvalue weighted by Gasteiger charge is 2.35. The minimum Gasteiger partial charge on any atom is -0.437 e. The molecule has 0 bridgehead atoms. The fourth-order valence-corrected chi connectivity index (χ4v) is 6.46. The maximum Gasteiger partial charge on any atom is 0.331 e. The lowest BCUT2D eigenvalue weighted by Gasteiger charge is -2.29. The van der Waals surface area contributed by atoms with E-state index in [1.165, 1.54) is 17.4 Å². The van der Waals surface area contributed by atoms with Gasteiger partial charge in [0.05, 0.1) is 34.8 Å². The van der Waals surface area contributed by atoms with Crippen LogP contribution in [0.3, 0.4) is 0 Å². The van der Waals surface area contributed by atoms with Crippen LogP contribution in [-0.2, 0) is 4.79 Å². The van der Waals surface area contributed by atoms with Gasteiger partial charge in [0.2, 0.25) is 11.8 Å². The van der Waals surface area contributed by atoms with Crippen LogP contribution in [0.15, 0.2) is 55.5 Å². The van der Waals surface area contributed by atoms with Crippen molar-refractivity contribution in [3.05, 3.63) is 71.6 Å². The van der Waals surface area contributed by atoms with E-state index in [2.05, 4.69) is 37.5 Å². The molecule has 11 nitrogen and oxygen atoms in total. The zero-order chi connectivity index (χ0) is 29.4. The summed E-state index contributed by atoms with van der Waals surface area (Å²) in [5, 5.41) is 9.60. The van der Waals surface area contributed by atoms with Gasteiger partial charge in [-0.1, -0.05) is 13.0 Å². The van der Waals surface area contributed by atoms with Crippen LogP contribution in [0.1, 0.15) is 40.2 Å². The molecule has 1 aliphatic heterocycles. The molecule has 4 amide bonds. The van der Waals surface area contributed by atoms with Gasteiger partial charge in [-0.15, -0.1) is 11.3 Å². The van der Waals surface area contributed by atoms with Crippen molar-refractivity contribution in [3.63, 3.8) is 0 Å². The Morgan fingerprint density at radius 3 is 2.79 bits per heavy atom. The van der Waals surface area contributed by atoms with Crippen molar-refractivity contribution in [2.24, 2.45) is 5.92 Å². The molecule has 0 radical (unpaired) electrons. The van der Waals surface area contributed by atoms with Crippen LogP contribution in [0.2, 0.25) is 0 Å². The second-order valence-corrected chi connectivity index (χ2v) is 11.3. The summed E-state index contributed by atoms with van der Waals surface area (Å²) >= 11 is 1.24. The number of hydrogen-bond donors (Lipinski definition) is 3. The fraction of sp³-hybridized carbons (Fsp3) is 0.267. The Hall–Kier alpha value is -4.84. The highest BCUT2D eigenvalue weighted by atomic mass is 32.1. The van der Waals surface area contributed by atoms with Crippen molar-refractivity contribution >= 4 is 56.5 Å². The molecule has 6 rings (SSSR count). The second-order valence-electron chi connectivity index (χ2n) is 10.3. The van der Waals surface area contributed by atoms with Crippen molar-refractivity contribution in [1.29, 1.82) is 0 Å². The van der Waals surface area contributed by atoms with E-state index in [0.29, 0.717) is 50.3 Å². The van der Waals surface area contributed by atoms with E-state index >= 15 is 0 Å². The first-order valence-corrected chi connectivity index (χ1v) is 14.4. The van der Waals surface area contributed by atoms with E-state index in [4.69, 9.17) is 4.74 Å². The molecule has 12 heteroatoms. The Bertz CT molecular complexity index is 1720. The minimum atomic E-state index is -0.408. The van der Waals surface area contributed by atoms with Crippen LogP contribution in [-0.4, -0.2) is 45.4 Å². The van der Waals surface area contributed by atoms with Crippen molar-refractivity contribution in [3.8, 4) is 11.6 Å². The van der Waals surface area contributed by atoms with Crippen LogP contribution in [0, 0.1) is 19.8 Å². The van der Waals surface area contributed by atoms with Gasteiger partial charge in [0.25, 0.3) is 5.91 Å². The van der Waals surface area contributed by atoms with Gasteiger partial charge < -0.3 is 20.7 Å². The third-order valence-corrected chi connectivity index (χ3v) is 8.65. The first-order valence-electron chi connectivity index (χ1n) is 13.6. The monoisotopic (exact) mass is 583 g/mol. The highest BCUT2D eigenvalue weighted by Crippen LogP contribution is 2.46. The number of nitrogens with zero attached hydrogens (tertiary/aromatic N) is 4. The Morgan fingerprint density at radius 1 is 1.17 bits per heavy atom. The van der Waals surface area contributed by atoms with Gasteiger partial charge >= 0.3 is 6.03 Å². The Kier molecular flexibility index (Phi) is 7.29. The minimum absolute atomic E-state index is 0.0894. The molecule has 4 aromatic heterocycles. The lowest BCUT2D eigenvalue weighted by Crippen LogP contribution is -2.42. The smallest absolute Gasteiger partial charge is 0.331 e. The molecule has 0 unspecified atom stereocenters. The summed E-state index contributed by atoms with van der Waals surface area (Å²) in [4.78, 5) is 54.5. The lowest BCUT2D eigenvalue weighted by atomic mass is 10.0. The summed E-state index contributed by atoms with van der Waals surface area (Å²) in [6, 6.07) is 6.70. The topological polar surface area (TPSA) is 138 Å². The summed E-state index contributed by atoms with van der Waals surface area (Å²) in [5.74, 6) is 0.550. The number of pyridine rings is 3. The second kappa shape index (κ2) is 11.2. The van der Waals surface area contributed by atoms with E-state index in [1.54, 1.807) is 35.6 Å². The number of aryl methyl sites for hydroxylation is 2. The number of urea groups is 1. The Morgan fingerprint density at radius 2 is 2.02 bits per heavy atom. The molecule has 214 valence electrons. The number of aromatic nitrogens is 3. The largest absolute Gasteiger partial charge is 0.437 e. The molecule has 1 fully saturated rings. The van der Waals surface area contributed by atoms with Crippen LogP contribution in [0.25, 0.3) is 10.2 Å². The van der Waals surface area contributed by atoms with Crippen LogP contribution in [0.4, 0.5) is 21.9 Å². The van der Waals surface area contributed by atoms with Gasteiger partial charge in [0.15, 0.2) is 0 Å². The standard InChI is InChI=1S/C30H29N7O4S/c1-4-23(38)33-13-18-6-5-7-20(18)35-28(39)27-26-25-21(10-11-31-29(25)42-27)37(30(40)36-26)22-15-34-24(12-16(22)2)41-19-9-8-17(3)32-14-19/h4,8-12,14-15,18,20H,1,5-7,13H2,2-3H3,(H,33,38)(H,35,39)(H,36,40)/t18-,20-/m1/s1. The summed E-state index contributed by atoms with van der Waals surface area (Å²) in [5.41, 5.74) is 3.29. The summed E-state index contributed by atoms with van der Waals surface area (Å²) < 4.78 is 5.85. The van der Waals surface area contributed by atoms with Gasteiger partial charge in [-0.25, -0.2) is 14.8 Å². The van der Waals surface area contributed by atoms with Crippen molar-refractivity contribution in [1.82, 2.24) is 25.6 Å². The predicted molar refractivity (Wildman–Crippen MR) is 161 cm³/mol. The number of ether oxygens (including phenoxy) is 1. The average molecular weight is 584 g/mol. The van der Waals surface area contributed by atoms with Gasteiger partial charge in [0.1, 0.15) is 15.5 Å². The molecule has 4 aromatic rings. The Labute approximate surface area is 246 Å². The maximum absolute atomic E-state index is 13.6. The van der Waals surface area contributed by atoms with Crippen molar-refractivity contribution in [2.45, 2.75) is 39.2 Å². The summed E-state index contributed by atoms with van der Waals surface area (Å²) in [6.07, 6.45) is 8.76. The molecule has 0 aromatic carbocycles. The third-order valence-electron chi connectivity index (χ3n) is 7.56. The zero-order valence-corrected chi connectivity index (χ0v) is 24.0. The van der Waals surface area contributed by atoms with Crippen molar-refractivity contribution in [2.75, 3.05) is 16.8 Å². The number of carbonyl (C=O) groups excluding carboxylic acids is 3. The zero-order valence-electron chi connectivity index (χ0n) is 23.1. The average Bonchev–Trinajstić information content (AvgIpc) is 3.58. The fourth-order valence-electron chi connectivity index (χ4n) is 5.44. The molecular weight excluding hydrogens is 554 g/mol. The van der Waals surface area contributed by atoms with Crippen molar-refractivity contribution < 1.29 is 19.1 Å². The molecule has 2 aliphatic rings. The van der Waals surface area contributed by atoms with Gasteiger partial charge in [-0.05, 0) is 62.4 Å². The van der Waals surface area contributed by atoms with E-state index in [0.717, 1.165) is 30.5 Å². The normalized spacial score (nSPS) is 17.6. The first-order chi connectivity index (χ1) is 20.3. The number of thiophene rings is 1. The maximum atomic E-state index is 13.6. The van der Waals surface area contributed by atoms with Gasteiger partial charge in [0, 0.05) is 30.5 Å². The van der Waals surface area contributed by atoms with E-state index in [-0.39, 0.29) is 23.8 Å². The molecule has 5 heterocycles. The molecule has 0 saturated heterocycles. The quantitative estimate of drug-likeness (QED) is 0.237. The van der Waals surface area contributed by atoms with Crippen LogP contribution < -0.4 is 25.6 Å². The number of rotatable bonds is 8. The summed E-state index contributed by atoms with van der Waals surface area (Å²) in [6.45, 7) is 7.72. The van der Waals surface area contributed by atoms with E-state index in [9.17, 15) is 14.4 Å². The number of hydrogen-bond acceptors (Lipinski definition) is 8. The number of carbonyl (C=O) groups is 3. The van der Waals surface area contributed by atoms with Crippen LogP contribution in [0.5, 0.6) is 11.6 Å². The molecule has 1 aliphatic carbocycles. The van der Waals surface area contributed by atoms with E-state index in [1.807, 2.05) is 26.0 Å². The van der Waals surface area contributed by atoms with E-state index < -0.39 is 6.03 Å². The SMILES string of the molecule is C=CC(=O)NC[C@H]1CCC[C@H]1NC(=O)c1sc2nccc3c2c1NC(=O)N3c1cnc(Oc2ccc(C)nc2)cc1C.